The van der Waals surface area contributed by atoms with Crippen LogP contribution in [0.25, 0.3) is 0 Å². The molecule has 0 amide bonds. The summed E-state index contributed by atoms with van der Waals surface area (Å²) in [4.78, 5) is 33.5. The minimum atomic E-state index is -5.77. The summed E-state index contributed by atoms with van der Waals surface area (Å²) in [6.45, 7) is 2.20. The third-order valence-electron chi connectivity index (χ3n) is 5.59. The monoisotopic (exact) mass is 604 g/mol. The van der Waals surface area contributed by atoms with Gasteiger partial charge in [-0.25, -0.2) is 4.79 Å². The van der Waals surface area contributed by atoms with Crippen molar-refractivity contribution < 1.29 is 55.3 Å². The maximum absolute atomic E-state index is 12.2. The van der Waals surface area contributed by atoms with Gasteiger partial charge in [-0.15, -0.1) is 0 Å². The normalized spacial score (nSPS) is 13.0. The number of phenolic OH excluding ortho intramolecular Hbond substituents is 1. The second kappa shape index (κ2) is 14.3. The first-order chi connectivity index (χ1) is 19.5. The van der Waals surface area contributed by atoms with Gasteiger partial charge in [0.2, 0.25) is 0 Å². The Bertz CT molecular complexity index is 1280. The van der Waals surface area contributed by atoms with Crippen molar-refractivity contribution in [2.75, 3.05) is 26.3 Å². The molecule has 1 heterocycles. The van der Waals surface area contributed by atoms with Crippen LogP contribution < -0.4 is 10.5 Å². The van der Waals surface area contributed by atoms with Crippen molar-refractivity contribution in [2.24, 2.45) is 5.73 Å². The van der Waals surface area contributed by atoms with Gasteiger partial charge >= 0.3 is 29.9 Å². The van der Waals surface area contributed by atoms with Gasteiger partial charge in [-0.1, -0.05) is 12.1 Å². The van der Waals surface area contributed by atoms with Crippen LogP contribution in [0.1, 0.15) is 40.7 Å². The maximum atomic E-state index is 12.2. The zero-order valence-electron chi connectivity index (χ0n) is 21.8. The number of ketones is 2. The van der Waals surface area contributed by atoms with Gasteiger partial charge in [0, 0.05) is 30.6 Å². The van der Waals surface area contributed by atoms with E-state index in [1.807, 2.05) is 4.90 Å². The van der Waals surface area contributed by atoms with E-state index in [1.165, 1.54) is 18.2 Å². The number of halogens is 6. The molecule has 1 fully saturated rings. The Hall–Kier alpha value is -4.63. The van der Waals surface area contributed by atoms with Crippen molar-refractivity contribution in [2.45, 2.75) is 31.6 Å². The number of ether oxygens (including phenoxy) is 2. The lowest BCUT2D eigenvalue weighted by Gasteiger charge is -2.18. The van der Waals surface area contributed by atoms with Crippen LogP contribution in [0.3, 0.4) is 0 Å². The van der Waals surface area contributed by atoms with Crippen LogP contribution in [-0.2, 0) is 14.3 Å². The molecule has 1 aliphatic rings. The maximum Gasteiger partial charge on any atom is 0.458 e. The number of likely N-dealkylation sites (tertiary alicyclic amines) is 1. The SMILES string of the molecule is N=C(N)c1ccc(O)c(OCCCOC(=O)c2ccc(C(=N)N3CCCC3)cc2)c1.O=C(C(=O)C(F)(F)F)C(F)(F)F. The fraction of sp³-hybridized carbons (Fsp3) is 0.346. The molecule has 0 aromatic heterocycles. The number of hydrogen-bond acceptors (Lipinski definition) is 8. The molecule has 2 aromatic rings. The van der Waals surface area contributed by atoms with Crippen LogP contribution in [0.2, 0.25) is 0 Å². The highest BCUT2D eigenvalue weighted by Crippen LogP contribution is 2.27. The number of nitrogen functional groups attached to an aromatic ring is 1. The van der Waals surface area contributed by atoms with Gasteiger partial charge in [-0.3, -0.25) is 20.4 Å². The molecular formula is C26H26F6N4O6. The number of Topliss-reactive ketones (excluding diaryl/α,β-unsaturated/α-hetero) is 2. The van der Waals surface area contributed by atoms with E-state index in [4.69, 9.17) is 26.0 Å². The van der Waals surface area contributed by atoms with Gasteiger partial charge in [-0.2, -0.15) is 26.3 Å². The number of hydrogen-bond donors (Lipinski definition) is 4. The molecule has 0 bridgehead atoms. The quantitative estimate of drug-likeness (QED) is 0.0833. The molecule has 1 saturated heterocycles. The molecule has 0 aliphatic carbocycles. The Morgan fingerprint density at radius 3 is 1.83 bits per heavy atom. The molecule has 0 atom stereocenters. The van der Waals surface area contributed by atoms with Crippen molar-refractivity contribution in [1.82, 2.24) is 4.90 Å². The Morgan fingerprint density at radius 2 is 1.33 bits per heavy atom. The second-order valence-corrected chi connectivity index (χ2v) is 8.71. The molecule has 0 unspecified atom stereocenters. The van der Waals surface area contributed by atoms with E-state index in [-0.39, 0.29) is 30.5 Å². The number of nitrogens with two attached hydrogens (primary N) is 1. The third kappa shape index (κ3) is 9.78. The highest BCUT2D eigenvalue weighted by molar-refractivity contribution is 6.41. The minimum Gasteiger partial charge on any atom is -0.504 e. The molecule has 0 radical (unpaired) electrons. The molecule has 16 heteroatoms. The van der Waals surface area contributed by atoms with Crippen LogP contribution in [0, 0.1) is 10.8 Å². The van der Waals surface area contributed by atoms with Gasteiger partial charge in [0.1, 0.15) is 11.7 Å². The Kier molecular flexibility index (Phi) is 11.4. The highest BCUT2D eigenvalue weighted by Gasteiger charge is 2.54. The third-order valence-corrected chi connectivity index (χ3v) is 5.59. The summed E-state index contributed by atoms with van der Waals surface area (Å²) in [5, 5.41) is 25.5. The molecule has 3 rings (SSSR count). The minimum absolute atomic E-state index is 0.0448. The number of carbonyl (C=O) groups excluding carboxylic acids is 3. The first-order valence-electron chi connectivity index (χ1n) is 12.2. The Labute approximate surface area is 235 Å². The lowest BCUT2D eigenvalue weighted by molar-refractivity contribution is -0.193. The molecule has 10 nitrogen and oxygen atoms in total. The molecule has 42 heavy (non-hydrogen) atoms. The molecule has 228 valence electrons. The molecule has 0 spiro atoms. The van der Waals surface area contributed by atoms with E-state index >= 15 is 0 Å². The number of phenols is 1. The van der Waals surface area contributed by atoms with Gasteiger partial charge in [0.25, 0.3) is 0 Å². The van der Waals surface area contributed by atoms with Crippen LogP contribution in [0.5, 0.6) is 11.5 Å². The van der Waals surface area contributed by atoms with E-state index in [1.54, 1.807) is 24.3 Å². The first-order valence-corrected chi connectivity index (χ1v) is 12.2. The summed E-state index contributed by atoms with van der Waals surface area (Å²) in [6, 6.07) is 11.3. The predicted octanol–water partition coefficient (Wildman–Crippen LogP) is 3.97. The lowest BCUT2D eigenvalue weighted by atomic mass is 10.1. The summed E-state index contributed by atoms with van der Waals surface area (Å²) in [7, 11) is 0. The van der Waals surface area contributed by atoms with Crippen LogP contribution in [0.4, 0.5) is 26.3 Å². The van der Waals surface area contributed by atoms with Crippen molar-refractivity contribution in [1.29, 1.82) is 10.8 Å². The van der Waals surface area contributed by atoms with Crippen molar-refractivity contribution in [3.05, 3.63) is 59.2 Å². The summed E-state index contributed by atoms with van der Waals surface area (Å²) < 4.78 is 77.7. The van der Waals surface area contributed by atoms with Crippen molar-refractivity contribution >= 4 is 29.2 Å². The highest BCUT2D eigenvalue weighted by atomic mass is 19.4. The van der Waals surface area contributed by atoms with Crippen LogP contribution in [0.15, 0.2) is 42.5 Å². The van der Waals surface area contributed by atoms with Gasteiger partial charge < -0.3 is 25.2 Å². The number of amidine groups is 2. The van der Waals surface area contributed by atoms with E-state index in [9.17, 15) is 45.8 Å². The summed E-state index contributed by atoms with van der Waals surface area (Å²) in [5.74, 6) is -6.70. The average Bonchev–Trinajstić information content (AvgIpc) is 3.47. The van der Waals surface area contributed by atoms with Crippen LogP contribution in [-0.4, -0.2) is 77.9 Å². The fourth-order valence-electron chi connectivity index (χ4n) is 3.43. The van der Waals surface area contributed by atoms with Gasteiger partial charge in [-0.05, 0) is 43.2 Å². The summed E-state index contributed by atoms with van der Waals surface area (Å²) >= 11 is 0. The largest absolute Gasteiger partial charge is 0.504 e. The van der Waals surface area contributed by atoms with E-state index < -0.39 is 29.9 Å². The number of rotatable bonds is 9. The number of esters is 1. The molecular weight excluding hydrogens is 578 g/mol. The number of carbonyl (C=O) groups is 3. The van der Waals surface area contributed by atoms with E-state index in [0.29, 0.717) is 23.4 Å². The van der Waals surface area contributed by atoms with E-state index in [2.05, 4.69) is 0 Å². The topological polar surface area (TPSA) is 167 Å². The Balaban J connectivity index is 0.000000435. The number of nitrogens with zero attached hydrogens (tertiary/aromatic N) is 1. The fourth-order valence-corrected chi connectivity index (χ4v) is 3.43. The predicted molar refractivity (Wildman–Crippen MR) is 136 cm³/mol. The molecule has 2 aromatic carbocycles. The number of nitrogens with one attached hydrogen (secondary N) is 2. The zero-order valence-corrected chi connectivity index (χ0v) is 21.8. The zero-order chi connectivity index (χ0) is 31.7. The molecule has 5 N–H and O–H groups in total. The van der Waals surface area contributed by atoms with Gasteiger partial charge in [0.15, 0.2) is 11.5 Å². The van der Waals surface area contributed by atoms with Crippen LogP contribution >= 0.6 is 0 Å². The van der Waals surface area contributed by atoms with E-state index in [0.717, 1.165) is 31.5 Å². The number of aromatic hydroxyl groups is 1. The smallest absolute Gasteiger partial charge is 0.458 e. The number of benzene rings is 2. The van der Waals surface area contributed by atoms with Crippen molar-refractivity contribution in [3.8, 4) is 11.5 Å². The molecule has 0 saturated carbocycles. The summed E-state index contributed by atoms with van der Waals surface area (Å²) in [6.07, 6.45) is -8.89. The number of alkyl halides is 6. The average molecular weight is 605 g/mol. The second-order valence-electron chi connectivity index (χ2n) is 8.71. The lowest BCUT2D eigenvalue weighted by Crippen LogP contribution is -2.39. The van der Waals surface area contributed by atoms with Crippen molar-refractivity contribution in [3.63, 3.8) is 0 Å². The Morgan fingerprint density at radius 1 is 0.833 bits per heavy atom. The summed E-state index contributed by atoms with van der Waals surface area (Å²) in [5.41, 5.74) is 7.10. The standard InChI is InChI=1S/C22H26N4O4.C4F6O2/c23-20(24)17-8-9-18(27)19(14-17)29-12-3-13-30-22(28)16-6-4-15(5-7-16)21(25)26-10-1-2-11-26;5-3(6,7)1(11)2(12)4(8,9)10/h4-9,14,25,27H,1-3,10-13H2,(H3,23,24);. The first kappa shape index (κ1) is 33.6. The van der Waals surface area contributed by atoms with Gasteiger partial charge in [0.05, 0.1) is 18.8 Å². The molecule has 1 aliphatic heterocycles.